The van der Waals surface area contributed by atoms with Crippen molar-refractivity contribution in [2.75, 3.05) is 35.4 Å². The molecule has 1 fully saturated rings. The van der Waals surface area contributed by atoms with Gasteiger partial charge in [0.05, 0.1) is 10.6 Å². The second-order valence-electron chi connectivity index (χ2n) is 7.51. The van der Waals surface area contributed by atoms with Gasteiger partial charge in [0.1, 0.15) is 0 Å². The molecule has 27 heavy (non-hydrogen) atoms. The molecule has 2 aliphatic rings. The van der Waals surface area contributed by atoms with Gasteiger partial charge in [-0.05, 0) is 56.5 Å². The van der Waals surface area contributed by atoms with Crippen LogP contribution in [-0.4, -0.2) is 40.6 Å². The van der Waals surface area contributed by atoms with Gasteiger partial charge < -0.3 is 10.2 Å². The fourth-order valence-electron chi connectivity index (χ4n) is 4.13. The van der Waals surface area contributed by atoms with Gasteiger partial charge in [-0.3, -0.25) is 4.31 Å². The van der Waals surface area contributed by atoms with Crippen LogP contribution < -0.4 is 14.5 Å². The van der Waals surface area contributed by atoms with Crippen LogP contribution in [0.1, 0.15) is 24.5 Å². The molecule has 2 aromatic carbocycles. The molecule has 1 N–H and O–H groups in total. The maximum atomic E-state index is 13.5. The lowest BCUT2D eigenvalue weighted by molar-refractivity contribution is 0.560. The van der Waals surface area contributed by atoms with Crippen molar-refractivity contribution in [2.24, 2.45) is 0 Å². The fourth-order valence-corrected chi connectivity index (χ4v) is 5.84. The van der Waals surface area contributed by atoms with Crippen LogP contribution in [0.4, 0.5) is 11.4 Å². The van der Waals surface area contributed by atoms with Crippen LogP contribution in [-0.2, 0) is 16.4 Å². The SMILES string of the molecule is Cc1ccc(S(=O)(=O)N2c3cccc(N4CCNCC4)c3CCC2C)cc1. The maximum absolute atomic E-state index is 13.5. The summed E-state index contributed by atoms with van der Waals surface area (Å²) in [5.41, 5.74) is 4.24. The van der Waals surface area contributed by atoms with E-state index in [1.807, 2.05) is 38.1 Å². The number of piperazine rings is 1. The van der Waals surface area contributed by atoms with E-state index in [0.717, 1.165) is 55.8 Å². The molecule has 2 heterocycles. The lowest BCUT2D eigenvalue weighted by Crippen LogP contribution is -2.45. The summed E-state index contributed by atoms with van der Waals surface area (Å²) < 4.78 is 28.6. The Morgan fingerprint density at radius 2 is 1.67 bits per heavy atom. The molecule has 0 aromatic heterocycles. The summed E-state index contributed by atoms with van der Waals surface area (Å²) in [5.74, 6) is 0. The minimum atomic E-state index is -3.59. The number of anilines is 2. The van der Waals surface area contributed by atoms with E-state index in [0.29, 0.717) is 4.90 Å². The lowest BCUT2D eigenvalue weighted by atomic mass is 9.96. The summed E-state index contributed by atoms with van der Waals surface area (Å²) in [6.07, 6.45) is 1.75. The van der Waals surface area contributed by atoms with E-state index >= 15 is 0 Å². The molecule has 0 spiro atoms. The second kappa shape index (κ2) is 7.17. The van der Waals surface area contributed by atoms with E-state index in [2.05, 4.69) is 16.3 Å². The third-order valence-electron chi connectivity index (χ3n) is 5.61. The van der Waals surface area contributed by atoms with Crippen molar-refractivity contribution in [3.05, 3.63) is 53.6 Å². The lowest BCUT2D eigenvalue weighted by Gasteiger charge is -2.39. The number of rotatable bonds is 3. The molecule has 1 atom stereocenters. The summed E-state index contributed by atoms with van der Waals surface area (Å²) in [5, 5.41) is 3.38. The van der Waals surface area contributed by atoms with Crippen LogP contribution in [0.2, 0.25) is 0 Å². The van der Waals surface area contributed by atoms with Gasteiger partial charge in [0.15, 0.2) is 0 Å². The second-order valence-corrected chi connectivity index (χ2v) is 9.33. The molecule has 144 valence electrons. The number of benzene rings is 2. The van der Waals surface area contributed by atoms with Crippen LogP contribution in [0.5, 0.6) is 0 Å². The molecule has 2 aliphatic heterocycles. The van der Waals surface area contributed by atoms with Gasteiger partial charge in [0, 0.05) is 37.9 Å². The highest BCUT2D eigenvalue weighted by Gasteiger charge is 2.35. The average molecular weight is 386 g/mol. The van der Waals surface area contributed by atoms with Gasteiger partial charge in [-0.15, -0.1) is 0 Å². The first-order chi connectivity index (χ1) is 13.0. The number of hydrogen-bond acceptors (Lipinski definition) is 4. The van der Waals surface area contributed by atoms with E-state index < -0.39 is 10.0 Å². The molecule has 0 saturated carbocycles. The molecule has 4 rings (SSSR count). The topological polar surface area (TPSA) is 52.7 Å². The molecular formula is C21H27N3O2S. The largest absolute Gasteiger partial charge is 0.369 e. The predicted octanol–water partition coefficient (Wildman–Crippen LogP) is 2.93. The van der Waals surface area contributed by atoms with E-state index in [9.17, 15) is 8.42 Å². The number of hydrogen-bond donors (Lipinski definition) is 1. The van der Waals surface area contributed by atoms with Crippen molar-refractivity contribution in [2.45, 2.75) is 37.6 Å². The van der Waals surface area contributed by atoms with Crippen LogP contribution >= 0.6 is 0 Å². The summed E-state index contributed by atoms with van der Waals surface area (Å²) in [4.78, 5) is 2.74. The van der Waals surface area contributed by atoms with Crippen LogP contribution in [0.15, 0.2) is 47.4 Å². The molecule has 2 aromatic rings. The zero-order valence-corrected chi connectivity index (χ0v) is 16.8. The Morgan fingerprint density at radius 1 is 1.00 bits per heavy atom. The quantitative estimate of drug-likeness (QED) is 0.883. The Bertz CT molecular complexity index is 919. The monoisotopic (exact) mass is 385 g/mol. The highest BCUT2D eigenvalue weighted by molar-refractivity contribution is 7.92. The molecular weight excluding hydrogens is 358 g/mol. The van der Waals surface area contributed by atoms with E-state index in [1.165, 1.54) is 5.69 Å². The number of fused-ring (bicyclic) bond motifs is 1. The first-order valence-electron chi connectivity index (χ1n) is 9.67. The molecule has 0 bridgehead atoms. The van der Waals surface area contributed by atoms with Gasteiger partial charge in [-0.2, -0.15) is 0 Å². The highest BCUT2D eigenvalue weighted by Crippen LogP contribution is 2.40. The number of sulfonamides is 1. The zero-order valence-electron chi connectivity index (χ0n) is 16.0. The Morgan fingerprint density at radius 3 is 2.37 bits per heavy atom. The average Bonchev–Trinajstić information content (AvgIpc) is 2.68. The third kappa shape index (κ3) is 3.32. The first kappa shape index (κ1) is 18.3. The number of nitrogens with zero attached hydrogens (tertiary/aromatic N) is 2. The fraction of sp³-hybridized carbons (Fsp3) is 0.429. The Hall–Kier alpha value is -2.05. The first-order valence-corrected chi connectivity index (χ1v) is 11.1. The summed E-state index contributed by atoms with van der Waals surface area (Å²) >= 11 is 0. The summed E-state index contributed by atoms with van der Waals surface area (Å²) in [7, 11) is -3.59. The maximum Gasteiger partial charge on any atom is 0.264 e. The molecule has 0 radical (unpaired) electrons. The molecule has 0 aliphatic carbocycles. The summed E-state index contributed by atoms with van der Waals surface area (Å²) in [6.45, 7) is 7.81. The van der Waals surface area contributed by atoms with E-state index in [1.54, 1.807) is 16.4 Å². The van der Waals surface area contributed by atoms with E-state index in [4.69, 9.17) is 0 Å². The Kier molecular flexibility index (Phi) is 4.86. The van der Waals surface area contributed by atoms with Gasteiger partial charge in [-0.25, -0.2) is 8.42 Å². The van der Waals surface area contributed by atoms with Crippen LogP contribution in [0.3, 0.4) is 0 Å². The standard InChI is InChI=1S/C21H27N3O2S/c1-16-6-9-18(10-7-16)27(25,26)24-17(2)8-11-19-20(4-3-5-21(19)24)23-14-12-22-13-15-23/h3-7,9-10,17,22H,8,11-15H2,1-2H3. The van der Waals surface area contributed by atoms with Crippen molar-refractivity contribution >= 4 is 21.4 Å². The molecule has 0 amide bonds. The van der Waals surface area contributed by atoms with Gasteiger partial charge in [0.2, 0.25) is 0 Å². The van der Waals surface area contributed by atoms with Crippen molar-refractivity contribution in [3.63, 3.8) is 0 Å². The van der Waals surface area contributed by atoms with Gasteiger partial charge in [-0.1, -0.05) is 23.8 Å². The smallest absolute Gasteiger partial charge is 0.264 e. The van der Waals surface area contributed by atoms with Crippen LogP contribution in [0.25, 0.3) is 0 Å². The van der Waals surface area contributed by atoms with Gasteiger partial charge >= 0.3 is 0 Å². The Balaban J connectivity index is 1.79. The van der Waals surface area contributed by atoms with Gasteiger partial charge in [0.25, 0.3) is 10.0 Å². The highest BCUT2D eigenvalue weighted by atomic mass is 32.2. The number of nitrogens with one attached hydrogen (secondary N) is 1. The van der Waals surface area contributed by atoms with Crippen molar-refractivity contribution in [1.29, 1.82) is 0 Å². The minimum absolute atomic E-state index is 0.0536. The van der Waals surface area contributed by atoms with Crippen LogP contribution in [0, 0.1) is 6.92 Å². The van der Waals surface area contributed by atoms with Crippen molar-refractivity contribution in [1.82, 2.24) is 5.32 Å². The molecule has 1 saturated heterocycles. The van der Waals surface area contributed by atoms with Crippen molar-refractivity contribution in [3.8, 4) is 0 Å². The minimum Gasteiger partial charge on any atom is -0.369 e. The van der Waals surface area contributed by atoms with Crippen molar-refractivity contribution < 1.29 is 8.42 Å². The molecule has 5 nitrogen and oxygen atoms in total. The Labute approximate surface area is 162 Å². The molecule has 6 heteroatoms. The predicted molar refractivity (Wildman–Crippen MR) is 110 cm³/mol. The number of aryl methyl sites for hydroxylation is 1. The summed E-state index contributed by atoms with van der Waals surface area (Å²) in [6, 6.07) is 13.2. The third-order valence-corrected chi connectivity index (χ3v) is 7.55. The molecule has 1 unspecified atom stereocenters. The van der Waals surface area contributed by atoms with E-state index in [-0.39, 0.29) is 6.04 Å². The zero-order chi connectivity index (χ0) is 19.0. The normalized spacial score (nSPS) is 20.4.